The Labute approximate surface area is 199 Å². The normalized spacial score (nSPS) is 13.7. The molecule has 1 aromatic heterocycles. The van der Waals surface area contributed by atoms with Crippen LogP contribution in [0.5, 0.6) is 5.75 Å². The molecule has 1 aliphatic heterocycles. The van der Waals surface area contributed by atoms with Gasteiger partial charge in [0.05, 0.1) is 17.1 Å². The van der Waals surface area contributed by atoms with Gasteiger partial charge in [-0.2, -0.15) is 0 Å². The van der Waals surface area contributed by atoms with Gasteiger partial charge in [-0.1, -0.05) is 26.0 Å². The summed E-state index contributed by atoms with van der Waals surface area (Å²) in [5, 5.41) is 5.08. The molecule has 7 heteroatoms. The number of hydrogen-bond acceptors (Lipinski definition) is 5. The molecule has 1 aliphatic rings. The fourth-order valence-electron chi connectivity index (χ4n) is 4.06. The van der Waals surface area contributed by atoms with Crippen LogP contribution in [0.2, 0.25) is 0 Å². The number of nitrogens with zero attached hydrogens (tertiary/aromatic N) is 3. The first-order chi connectivity index (χ1) is 16.0. The highest BCUT2D eigenvalue weighted by atomic mass is 32.1. The highest BCUT2D eigenvalue weighted by Crippen LogP contribution is 2.33. The molecule has 2 aromatic carbocycles. The Morgan fingerprint density at radius 2 is 2.00 bits per heavy atom. The topological polar surface area (TPSA) is 58.9 Å². The quantitative estimate of drug-likeness (QED) is 0.503. The van der Waals surface area contributed by atoms with Crippen molar-refractivity contribution in [3.05, 3.63) is 57.7 Å². The molecule has 0 radical (unpaired) electrons. The largest absolute Gasteiger partial charge is 0.482 e. The Balaban J connectivity index is 1.74. The predicted octanol–water partition coefficient (Wildman–Crippen LogP) is 5.13. The first-order valence-electron chi connectivity index (χ1n) is 11.6. The van der Waals surface area contributed by atoms with E-state index in [1.165, 1.54) is 11.1 Å². The van der Waals surface area contributed by atoms with Crippen molar-refractivity contribution in [2.24, 2.45) is 4.99 Å². The molecular weight excluding hydrogens is 432 g/mol. The number of nitrogens with one attached hydrogen (secondary N) is 1. The van der Waals surface area contributed by atoms with Gasteiger partial charge in [-0.25, -0.2) is 4.99 Å². The van der Waals surface area contributed by atoms with E-state index in [9.17, 15) is 4.79 Å². The van der Waals surface area contributed by atoms with Crippen LogP contribution in [-0.4, -0.2) is 41.6 Å². The third-order valence-corrected chi connectivity index (χ3v) is 7.11. The maximum Gasteiger partial charge on any atom is 0.262 e. The molecule has 1 amide bonds. The van der Waals surface area contributed by atoms with Crippen LogP contribution in [0.1, 0.15) is 31.4 Å². The maximum atomic E-state index is 11.8. The third-order valence-electron chi connectivity index (χ3n) is 6.25. The first-order valence-corrected chi connectivity index (χ1v) is 12.5. The highest BCUT2D eigenvalue weighted by Gasteiger charge is 2.18. The summed E-state index contributed by atoms with van der Waals surface area (Å²) in [6.07, 6.45) is 1.04. The van der Waals surface area contributed by atoms with E-state index in [0.29, 0.717) is 5.75 Å². The number of rotatable bonds is 8. The van der Waals surface area contributed by atoms with Crippen molar-refractivity contribution >= 4 is 28.6 Å². The van der Waals surface area contributed by atoms with Crippen LogP contribution in [0.3, 0.4) is 0 Å². The van der Waals surface area contributed by atoms with Gasteiger partial charge in [-0.3, -0.25) is 4.79 Å². The van der Waals surface area contributed by atoms with Gasteiger partial charge in [0.1, 0.15) is 5.75 Å². The maximum absolute atomic E-state index is 11.8. The van der Waals surface area contributed by atoms with Crippen molar-refractivity contribution in [2.45, 2.75) is 40.7 Å². The van der Waals surface area contributed by atoms with E-state index in [4.69, 9.17) is 9.73 Å². The zero-order valence-corrected chi connectivity index (χ0v) is 20.7. The second-order valence-corrected chi connectivity index (χ2v) is 9.15. The lowest BCUT2D eigenvalue weighted by Crippen LogP contribution is -2.26. The average Bonchev–Trinajstić information content (AvgIpc) is 3.21. The molecule has 4 rings (SSSR count). The summed E-state index contributed by atoms with van der Waals surface area (Å²) in [6.45, 7) is 12.8. The first kappa shape index (κ1) is 23.3. The number of fused-ring (bicyclic) bond motifs is 1. The molecule has 174 valence electrons. The molecule has 6 nitrogen and oxygen atoms in total. The predicted molar refractivity (Wildman–Crippen MR) is 135 cm³/mol. The van der Waals surface area contributed by atoms with E-state index in [1.807, 2.05) is 12.1 Å². The number of amides is 1. The van der Waals surface area contributed by atoms with E-state index in [2.05, 4.69) is 72.1 Å². The van der Waals surface area contributed by atoms with Crippen LogP contribution in [-0.2, 0) is 11.3 Å². The van der Waals surface area contributed by atoms with Gasteiger partial charge in [-0.15, -0.1) is 11.3 Å². The second kappa shape index (κ2) is 10.4. The van der Waals surface area contributed by atoms with Gasteiger partial charge in [0.15, 0.2) is 11.4 Å². The molecular formula is C26H32N4O2S. The van der Waals surface area contributed by atoms with Crippen LogP contribution < -0.4 is 14.9 Å². The number of hydrogen-bond donors (Lipinski definition) is 1. The smallest absolute Gasteiger partial charge is 0.262 e. The summed E-state index contributed by atoms with van der Waals surface area (Å²) < 4.78 is 7.85. The molecule has 0 bridgehead atoms. The Morgan fingerprint density at radius 1 is 1.18 bits per heavy atom. The number of ether oxygens (including phenoxy) is 1. The third kappa shape index (κ3) is 5.20. The summed E-state index contributed by atoms with van der Waals surface area (Å²) in [7, 11) is 0. The van der Waals surface area contributed by atoms with Gasteiger partial charge in [0, 0.05) is 17.5 Å². The van der Waals surface area contributed by atoms with Crippen molar-refractivity contribution < 1.29 is 9.53 Å². The van der Waals surface area contributed by atoms with Crippen molar-refractivity contribution in [1.82, 2.24) is 9.47 Å². The van der Waals surface area contributed by atoms with E-state index in [-0.39, 0.29) is 12.5 Å². The van der Waals surface area contributed by atoms with Crippen LogP contribution in [0.25, 0.3) is 11.3 Å². The van der Waals surface area contributed by atoms with Gasteiger partial charge >= 0.3 is 0 Å². The van der Waals surface area contributed by atoms with Crippen molar-refractivity contribution in [3.63, 3.8) is 0 Å². The molecule has 0 aliphatic carbocycles. The summed E-state index contributed by atoms with van der Waals surface area (Å²) >= 11 is 1.65. The lowest BCUT2D eigenvalue weighted by atomic mass is 10.1. The number of carbonyl (C=O) groups is 1. The van der Waals surface area contributed by atoms with Crippen LogP contribution in [0.4, 0.5) is 11.4 Å². The van der Waals surface area contributed by atoms with Crippen molar-refractivity contribution in [1.29, 1.82) is 0 Å². The SMILES string of the molecule is CCN(CC)CCCn1c(-c2ccc3c(c2)NC(=O)CO3)csc1=Nc1cccc(C)c1C. The number of anilines is 1. The molecule has 2 heterocycles. The minimum atomic E-state index is -0.123. The van der Waals surface area contributed by atoms with E-state index >= 15 is 0 Å². The molecule has 0 unspecified atom stereocenters. The van der Waals surface area contributed by atoms with Gasteiger partial charge in [0.2, 0.25) is 0 Å². The number of carbonyl (C=O) groups excluding carboxylic acids is 1. The minimum absolute atomic E-state index is 0.0645. The molecule has 3 aromatic rings. The molecule has 0 spiro atoms. The number of thiazole rings is 1. The van der Waals surface area contributed by atoms with E-state index < -0.39 is 0 Å². The Morgan fingerprint density at radius 3 is 2.79 bits per heavy atom. The Hall–Kier alpha value is -2.90. The lowest BCUT2D eigenvalue weighted by Gasteiger charge is -2.20. The Bertz CT molecular complexity index is 1210. The number of benzene rings is 2. The average molecular weight is 465 g/mol. The van der Waals surface area contributed by atoms with Gasteiger partial charge in [0.25, 0.3) is 5.91 Å². The van der Waals surface area contributed by atoms with Crippen molar-refractivity contribution in [3.8, 4) is 17.0 Å². The fraction of sp³-hybridized carbons (Fsp3) is 0.385. The van der Waals surface area contributed by atoms with Gasteiger partial charge < -0.3 is 19.5 Å². The fourth-order valence-corrected chi connectivity index (χ4v) is 5.01. The zero-order valence-electron chi connectivity index (χ0n) is 19.9. The summed E-state index contributed by atoms with van der Waals surface area (Å²) in [4.78, 5) is 20.3. The molecule has 0 saturated carbocycles. The number of aromatic nitrogens is 1. The molecule has 1 N–H and O–H groups in total. The molecule has 0 saturated heterocycles. The van der Waals surface area contributed by atoms with Crippen LogP contribution in [0.15, 0.2) is 46.8 Å². The number of aryl methyl sites for hydroxylation is 1. The van der Waals surface area contributed by atoms with Crippen molar-refractivity contribution in [2.75, 3.05) is 31.6 Å². The standard InChI is InChI=1S/C26H32N4O2S/c1-5-29(6-2)13-8-14-30-23(20-11-12-24-22(15-20)27-25(31)16-32-24)17-33-26(30)28-21-10-7-9-18(3)19(21)4/h7,9-12,15,17H,5-6,8,13-14,16H2,1-4H3,(H,27,31). The van der Waals surface area contributed by atoms with Crippen LogP contribution >= 0.6 is 11.3 Å². The molecule has 0 atom stereocenters. The highest BCUT2D eigenvalue weighted by molar-refractivity contribution is 7.07. The van der Waals surface area contributed by atoms with E-state index in [1.54, 1.807) is 11.3 Å². The Kier molecular flexibility index (Phi) is 7.30. The second-order valence-electron chi connectivity index (χ2n) is 8.31. The summed E-state index contributed by atoms with van der Waals surface area (Å²) in [5.41, 5.74) is 6.32. The molecule has 0 fully saturated rings. The van der Waals surface area contributed by atoms with Gasteiger partial charge in [-0.05, 0) is 75.3 Å². The monoisotopic (exact) mass is 464 g/mol. The molecule has 33 heavy (non-hydrogen) atoms. The summed E-state index contributed by atoms with van der Waals surface area (Å²) in [5.74, 6) is 0.588. The van der Waals surface area contributed by atoms with Crippen LogP contribution in [0, 0.1) is 13.8 Å². The lowest BCUT2D eigenvalue weighted by molar-refractivity contribution is -0.118. The summed E-state index contributed by atoms with van der Waals surface area (Å²) in [6, 6.07) is 12.2. The van der Waals surface area contributed by atoms with E-state index in [0.717, 1.165) is 60.0 Å². The minimum Gasteiger partial charge on any atom is -0.482 e. The zero-order chi connectivity index (χ0) is 23.4.